The van der Waals surface area contributed by atoms with E-state index in [0.29, 0.717) is 18.0 Å². The van der Waals surface area contributed by atoms with Gasteiger partial charge in [-0.15, -0.1) is 0 Å². The molecule has 12 heavy (non-hydrogen) atoms. The number of carbonyl (C=O) groups excluding carboxylic acids is 1. The van der Waals surface area contributed by atoms with E-state index in [2.05, 4.69) is 11.1 Å². The van der Waals surface area contributed by atoms with Gasteiger partial charge in [0.2, 0.25) is 12.3 Å². The van der Waals surface area contributed by atoms with Crippen LogP contribution in [-0.2, 0) is 4.79 Å². The quantitative estimate of drug-likeness (QED) is 0.612. The first-order valence-electron chi connectivity index (χ1n) is 3.37. The first-order valence-corrected chi connectivity index (χ1v) is 3.37. The Bertz CT molecular complexity index is 276. The molecular weight excluding hydrogens is 156 g/mol. The highest BCUT2D eigenvalue weighted by atomic mass is 16.5. The number of hydrogen-bond donors (Lipinski definition) is 0. The fraction of sp³-hybridized carbons (Fsp3) is 0.250. The zero-order valence-corrected chi connectivity index (χ0v) is 6.94. The summed E-state index contributed by atoms with van der Waals surface area (Å²) in [5.74, 6) is 0.420. The molecule has 4 heteroatoms. The van der Waals surface area contributed by atoms with Crippen molar-refractivity contribution in [1.29, 1.82) is 0 Å². The molecule has 0 aromatic carbocycles. The maximum absolute atomic E-state index is 10.4. The van der Waals surface area contributed by atoms with Crippen LogP contribution in [0.4, 0.5) is 5.69 Å². The van der Waals surface area contributed by atoms with E-state index in [4.69, 9.17) is 4.74 Å². The molecule has 0 spiro atoms. The molecule has 0 aliphatic rings. The first kappa shape index (κ1) is 8.52. The second kappa shape index (κ2) is 3.71. The van der Waals surface area contributed by atoms with Gasteiger partial charge < -0.3 is 9.64 Å². The Kier molecular flexibility index (Phi) is 2.63. The van der Waals surface area contributed by atoms with Gasteiger partial charge >= 0.3 is 0 Å². The maximum atomic E-state index is 10.4. The molecule has 63 valence electrons. The minimum Gasteiger partial charge on any atom is -0.480 e. The molecule has 1 aromatic rings. The highest BCUT2D eigenvalue weighted by Crippen LogP contribution is 2.21. The number of methoxy groups -OCH3 is 1. The summed E-state index contributed by atoms with van der Waals surface area (Å²) in [5.41, 5.74) is 0.606. The molecule has 1 aromatic heterocycles. The van der Waals surface area contributed by atoms with Gasteiger partial charge in [-0.05, 0) is 6.07 Å². The Morgan fingerprint density at radius 2 is 2.50 bits per heavy atom. The zero-order chi connectivity index (χ0) is 8.97. The van der Waals surface area contributed by atoms with Gasteiger partial charge in [0.1, 0.15) is 5.69 Å². The molecule has 0 saturated heterocycles. The third-order valence-corrected chi connectivity index (χ3v) is 1.43. The summed E-state index contributed by atoms with van der Waals surface area (Å²) in [6, 6.07) is 4.40. The normalized spacial score (nSPS) is 9.17. The van der Waals surface area contributed by atoms with Crippen LogP contribution in [0.3, 0.4) is 0 Å². The number of carbonyl (C=O) groups is 1. The summed E-state index contributed by atoms with van der Waals surface area (Å²) in [6.07, 6.45) is 2.17. The molecule has 0 aliphatic heterocycles. The molecule has 0 N–H and O–H groups in total. The summed E-state index contributed by atoms with van der Waals surface area (Å²) in [5, 5.41) is 0. The van der Waals surface area contributed by atoms with E-state index in [0.717, 1.165) is 0 Å². The van der Waals surface area contributed by atoms with Crippen LogP contribution in [-0.4, -0.2) is 25.6 Å². The van der Waals surface area contributed by atoms with E-state index >= 15 is 0 Å². The number of nitrogens with zero attached hydrogens (tertiary/aromatic N) is 2. The molecular formula is C8H9N2O2. The third kappa shape index (κ3) is 1.53. The topological polar surface area (TPSA) is 42.4 Å². The van der Waals surface area contributed by atoms with E-state index in [9.17, 15) is 4.79 Å². The van der Waals surface area contributed by atoms with Crippen LogP contribution in [0.5, 0.6) is 5.88 Å². The van der Waals surface area contributed by atoms with Crippen LogP contribution in [0.15, 0.2) is 12.3 Å². The Morgan fingerprint density at radius 1 is 1.75 bits per heavy atom. The van der Waals surface area contributed by atoms with Gasteiger partial charge in [0.25, 0.3) is 0 Å². The average molecular weight is 165 g/mol. The Labute approximate surface area is 70.8 Å². The van der Waals surface area contributed by atoms with Crippen molar-refractivity contribution in [3.05, 3.63) is 18.3 Å². The fourth-order valence-corrected chi connectivity index (χ4v) is 0.807. The number of hydrogen-bond acceptors (Lipinski definition) is 3. The van der Waals surface area contributed by atoms with Gasteiger partial charge in [-0.25, -0.2) is 4.98 Å². The molecule has 0 fully saturated rings. The van der Waals surface area contributed by atoms with Crippen LogP contribution >= 0.6 is 0 Å². The third-order valence-electron chi connectivity index (χ3n) is 1.43. The standard InChI is InChI=1S/C8H9N2O2/c1-10(6-11)7-4-3-5-9-8(7)12-2/h4-6H,1-2H3. The lowest BCUT2D eigenvalue weighted by Gasteiger charge is -2.12. The van der Waals surface area contributed by atoms with E-state index in [-0.39, 0.29) is 0 Å². The summed E-state index contributed by atoms with van der Waals surface area (Å²) in [7, 11) is 3.13. The lowest BCUT2D eigenvalue weighted by molar-refractivity contribution is -0.107. The minimum atomic E-state index is 0.420. The van der Waals surface area contributed by atoms with Gasteiger partial charge in [-0.2, -0.15) is 0 Å². The number of rotatable bonds is 3. The van der Waals surface area contributed by atoms with Crippen molar-refractivity contribution < 1.29 is 9.53 Å². The summed E-state index contributed by atoms with van der Waals surface area (Å²) in [4.78, 5) is 15.7. The molecule has 1 heterocycles. The Hall–Kier alpha value is -1.58. The van der Waals surface area contributed by atoms with Crippen LogP contribution in [0.2, 0.25) is 0 Å². The smallest absolute Gasteiger partial charge is 0.237 e. The second-order valence-corrected chi connectivity index (χ2v) is 2.18. The molecule has 0 atom stereocenters. The summed E-state index contributed by atoms with van der Waals surface area (Å²) >= 11 is 0. The number of ether oxygens (including phenoxy) is 1. The van der Waals surface area contributed by atoms with Gasteiger partial charge in [-0.3, -0.25) is 4.79 Å². The SMILES string of the molecule is COc1nc[c]cc1N(C)C=O. The molecule has 1 amide bonds. The van der Waals surface area contributed by atoms with Crippen molar-refractivity contribution in [3.8, 4) is 5.88 Å². The van der Waals surface area contributed by atoms with E-state index < -0.39 is 0 Å². The van der Waals surface area contributed by atoms with Crippen molar-refractivity contribution in [3.63, 3.8) is 0 Å². The van der Waals surface area contributed by atoms with Gasteiger partial charge in [0.05, 0.1) is 7.11 Å². The van der Waals surface area contributed by atoms with Crippen LogP contribution < -0.4 is 9.64 Å². The van der Waals surface area contributed by atoms with E-state index in [1.807, 2.05) is 0 Å². The van der Waals surface area contributed by atoms with Crippen molar-refractivity contribution in [2.45, 2.75) is 0 Å². The molecule has 1 rings (SSSR count). The average Bonchev–Trinajstić information content (AvgIpc) is 2.16. The predicted octanol–water partition coefficient (Wildman–Crippen LogP) is 0.483. The fourth-order valence-electron chi connectivity index (χ4n) is 0.807. The predicted molar refractivity (Wildman–Crippen MR) is 44.1 cm³/mol. The highest BCUT2D eigenvalue weighted by molar-refractivity contribution is 5.76. The van der Waals surface area contributed by atoms with Crippen LogP contribution in [0.25, 0.3) is 0 Å². The summed E-state index contributed by atoms with van der Waals surface area (Å²) in [6.45, 7) is 0. The van der Waals surface area contributed by atoms with Gasteiger partial charge in [-0.1, -0.05) is 0 Å². The molecule has 0 unspecified atom stereocenters. The largest absolute Gasteiger partial charge is 0.480 e. The minimum absolute atomic E-state index is 0.420. The molecule has 0 bridgehead atoms. The van der Waals surface area contributed by atoms with Crippen molar-refractivity contribution in [2.24, 2.45) is 0 Å². The van der Waals surface area contributed by atoms with Crippen molar-refractivity contribution >= 4 is 12.1 Å². The van der Waals surface area contributed by atoms with Gasteiger partial charge in [0.15, 0.2) is 0 Å². The molecule has 4 nitrogen and oxygen atoms in total. The number of pyridine rings is 1. The monoisotopic (exact) mass is 165 g/mol. The Balaban J connectivity index is 3.04. The zero-order valence-electron chi connectivity index (χ0n) is 6.94. The van der Waals surface area contributed by atoms with Crippen molar-refractivity contribution in [2.75, 3.05) is 19.1 Å². The van der Waals surface area contributed by atoms with E-state index in [1.165, 1.54) is 18.2 Å². The number of aromatic nitrogens is 1. The van der Waals surface area contributed by atoms with E-state index in [1.54, 1.807) is 13.1 Å². The summed E-state index contributed by atoms with van der Waals surface area (Å²) < 4.78 is 4.94. The van der Waals surface area contributed by atoms with Crippen LogP contribution in [0, 0.1) is 6.07 Å². The maximum Gasteiger partial charge on any atom is 0.237 e. The molecule has 0 saturated carbocycles. The van der Waals surface area contributed by atoms with Gasteiger partial charge in [0, 0.05) is 19.3 Å². The molecule has 1 radical (unpaired) electrons. The first-order chi connectivity index (χ1) is 5.79. The highest BCUT2D eigenvalue weighted by Gasteiger charge is 2.06. The molecule has 0 aliphatic carbocycles. The van der Waals surface area contributed by atoms with Crippen LogP contribution in [0.1, 0.15) is 0 Å². The lowest BCUT2D eigenvalue weighted by Crippen LogP contribution is -2.15. The number of anilines is 1. The Morgan fingerprint density at radius 3 is 3.08 bits per heavy atom. The second-order valence-electron chi connectivity index (χ2n) is 2.18. The number of amides is 1. The van der Waals surface area contributed by atoms with Crippen molar-refractivity contribution in [1.82, 2.24) is 4.98 Å². The lowest BCUT2D eigenvalue weighted by atomic mass is 10.4.